The third-order valence-corrected chi connectivity index (χ3v) is 3.94. The largest absolute Gasteiger partial charge is 0.459 e. The van der Waals surface area contributed by atoms with Crippen LogP contribution in [0.25, 0.3) is 11.7 Å². The van der Waals surface area contributed by atoms with Crippen LogP contribution in [-0.2, 0) is 4.79 Å². The molecule has 0 radical (unpaired) electrons. The zero-order valence-electron chi connectivity index (χ0n) is 11.2. The van der Waals surface area contributed by atoms with Gasteiger partial charge in [0.05, 0.1) is 12.0 Å². The fourth-order valence-electron chi connectivity index (χ4n) is 1.63. The zero-order valence-corrected chi connectivity index (χ0v) is 13.6. The Kier molecular flexibility index (Phi) is 4.59. The number of aromatic nitrogens is 2. The Hall–Kier alpha value is -2.06. The molecule has 0 spiro atoms. The number of thioether (sulfide) groups is 1. The van der Waals surface area contributed by atoms with Gasteiger partial charge < -0.3 is 14.2 Å². The molecule has 0 aliphatic heterocycles. The van der Waals surface area contributed by atoms with Crippen LogP contribution in [0.5, 0.6) is 0 Å². The van der Waals surface area contributed by atoms with Crippen molar-refractivity contribution in [1.29, 1.82) is 0 Å². The lowest BCUT2D eigenvalue weighted by atomic mass is 10.3. The third kappa shape index (κ3) is 3.77. The van der Waals surface area contributed by atoms with Crippen LogP contribution in [0.3, 0.4) is 0 Å². The number of benzene rings is 1. The molecular weight excluding hydrogens is 370 g/mol. The summed E-state index contributed by atoms with van der Waals surface area (Å²) in [6, 6.07) is 10.8. The van der Waals surface area contributed by atoms with Crippen LogP contribution < -0.4 is 5.32 Å². The standard InChI is InChI=1S/C14H10BrN3O3S/c15-9-3-5-10(6-4-9)16-12(19)8-22-14-18-17-13(21-14)11-2-1-7-20-11/h1-7H,8H2,(H,16,19). The van der Waals surface area contributed by atoms with E-state index < -0.39 is 0 Å². The topological polar surface area (TPSA) is 81.2 Å². The molecule has 0 aliphatic rings. The highest BCUT2D eigenvalue weighted by molar-refractivity contribution is 9.10. The van der Waals surface area contributed by atoms with E-state index in [0.29, 0.717) is 16.9 Å². The Morgan fingerprint density at radius 3 is 2.77 bits per heavy atom. The monoisotopic (exact) mass is 379 g/mol. The molecule has 0 aliphatic carbocycles. The van der Waals surface area contributed by atoms with Gasteiger partial charge in [-0.05, 0) is 36.4 Å². The molecule has 22 heavy (non-hydrogen) atoms. The minimum absolute atomic E-state index is 0.148. The predicted molar refractivity (Wildman–Crippen MR) is 85.5 cm³/mol. The Labute approximate surface area is 138 Å². The van der Waals surface area contributed by atoms with E-state index >= 15 is 0 Å². The van der Waals surface area contributed by atoms with Crippen LogP contribution in [-0.4, -0.2) is 21.9 Å². The highest BCUT2D eigenvalue weighted by atomic mass is 79.9. The van der Waals surface area contributed by atoms with Crippen LogP contribution in [0.4, 0.5) is 5.69 Å². The first-order valence-electron chi connectivity index (χ1n) is 6.26. The number of nitrogens with one attached hydrogen (secondary N) is 1. The van der Waals surface area contributed by atoms with E-state index in [-0.39, 0.29) is 11.7 Å². The number of nitrogens with zero attached hydrogens (tertiary/aromatic N) is 2. The minimum atomic E-state index is -0.148. The molecule has 0 atom stereocenters. The third-order valence-electron chi connectivity index (χ3n) is 2.59. The zero-order chi connectivity index (χ0) is 15.4. The molecule has 0 saturated heterocycles. The maximum atomic E-state index is 11.9. The molecular formula is C14H10BrN3O3S. The average Bonchev–Trinajstić information content (AvgIpc) is 3.18. The van der Waals surface area contributed by atoms with Gasteiger partial charge in [-0.2, -0.15) is 0 Å². The van der Waals surface area contributed by atoms with E-state index in [1.54, 1.807) is 12.1 Å². The number of carbonyl (C=O) groups excluding carboxylic acids is 1. The van der Waals surface area contributed by atoms with Crippen molar-refractivity contribution >= 4 is 39.3 Å². The molecule has 1 N–H and O–H groups in total. The van der Waals surface area contributed by atoms with E-state index in [0.717, 1.165) is 10.2 Å². The fourth-order valence-corrected chi connectivity index (χ4v) is 2.45. The van der Waals surface area contributed by atoms with Gasteiger partial charge in [0.2, 0.25) is 5.91 Å². The highest BCUT2D eigenvalue weighted by Crippen LogP contribution is 2.23. The Balaban J connectivity index is 1.54. The number of hydrogen-bond acceptors (Lipinski definition) is 6. The molecule has 3 rings (SSSR count). The summed E-state index contributed by atoms with van der Waals surface area (Å²) >= 11 is 4.51. The van der Waals surface area contributed by atoms with Gasteiger partial charge in [0.15, 0.2) is 5.76 Å². The predicted octanol–water partition coefficient (Wildman–Crippen LogP) is 3.82. The van der Waals surface area contributed by atoms with Crippen molar-refractivity contribution in [1.82, 2.24) is 10.2 Å². The van der Waals surface area contributed by atoms with Crippen LogP contribution in [0, 0.1) is 0 Å². The Morgan fingerprint density at radius 1 is 1.23 bits per heavy atom. The van der Waals surface area contributed by atoms with Gasteiger partial charge in [-0.1, -0.05) is 27.7 Å². The first kappa shape index (κ1) is 14.9. The summed E-state index contributed by atoms with van der Waals surface area (Å²) < 4.78 is 11.5. The highest BCUT2D eigenvalue weighted by Gasteiger charge is 2.12. The summed E-state index contributed by atoms with van der Waals surface area (Å²) in [6.45, 7) is 0. The number of amides is 1. The number of carbonyl (C=O) groups is 1. The normalized spacial score (nSPS) is 10.6. The molecule has 0 fully saturated rings. The summed E-state index contributed by atoms with van der Waals surface area (Å²) in [7, 11) is 0. The second-order valence-corrected chi connectivity index (χ2v) is 6.04. The van der Waals surface area contributed by atoms with E-state index in [1.807, 2.05) is 24.3 Å². The summed E-state index contributed by atoms with van der Waals surface area (Å²) in [6.07, 6.45) is 1.53. The van der Waals surface area contributed by atoms with Gasteiger partial charge in [-0.3, -0.25) is 4.79 Å². The Bertz CT molecular complexity index is 756. The molecule has 112 valence electrons. The maximum Gasteiger partial charge on any atom is 0.284 e. The lowest BCUT2D eigenvalue weighted by Crippen LogP contribution is -2.13. The first-order valence-corrected chi connectivity index (χ1v) is 8.04. The van der Waals surface area contributed by atoms with Gasteiger partial charge in [-0.15, -0.1) is 10.2 Å². The maximum absolute atomic E-state index is 11.9. The fraction of sp³-hybridized carbons (Fsp3) is 0.0714. The second-order valence-electron chi connectivity index (χ2n) is 4.19. The van der Waals surface area contributed by atoms with Crippen LogP contribution in [0.1, 0.15) is 0 Å². The molecule has 1 aromatic carbocycles. The van der Waals surface area contributed by atoms with E-state index in [9.17, 15) is 4.79 Å². The van der Waals surface area contributed by atoms with Crippen LogP contribution in [0.15, 0.2) is 61.2 Å². The van der Waals surface area contributed by atoms with Gasteiger partial charge in [0.1, 0.15) is 0 Å². The SMILES string of the molecule is O=C(CSc1nnc(-c2ccco2)o1)Nc1ccc(Br)cc1. The number of halogens is 1. The Morgan fingerprint density at radius 2 is 2.05 bits per heavy atom. The van der Waals surface area contributed by atoms with Crippen molar-refractivity contribution in [3.05, 3.63) is 47.1 Å². The van der Waals surface area contributed by atoms with E-state index in [2.05, 4.69) is 31.4 Å². The van der Waals surface area contributed by atoms with Gasteiger partial charge in [-0.25, -0.2) is 0 Å². The summed E-state index contributed by atoms with van der Waals surface area (Å²) in [5.41, 5.74) is 0.732. The average molecular weight is 380 g/mol. The molecule has 8 heteroatoms. The second kappa shape index (κ2) is 6.80. The molecule has 3 aromatic rings. The van der Waals surface area contributed by atoms with Gasteiger partial charge >= 0.3 is 0 Å². The van der Waals surface area contributed by atoms with E-state index in [4.69, 9.17) is 8.83 Å². The van der Waals surface area contributed by atoms with Crippen molar-refractivity contribution in [2.75, 3.05) is 11.1 Å². The lowest BCUT2D eigenvalue weighted by molar-refractivity contribution is -0.113. The minimum Gasteiger partial charge on any atom is -0.459 e. The lowest BCUT2D eigenvalue weighted by Gasteiger charge is -2.03. The van der Waals surface area contributed by atoms with Crippen molar-refractivity contribution in [2.45, 2.75) is 5.22 Å². The number of furan rings is 1. The molecule has 1 amide bonds. The number of rotatable bonds is 5. The number of anilines is 1. The van der Waals surface area contributed by atoms with Crippen molar-refractivity contribution in [2.24, 2.45) is 0 Å². The smallest absolute Gasteiger partial charge is 0.284 e. The van der Waals surface area contributed by atoms with E-state index in [1.165, 1.54) is 18.0 Å². The molecule has 2 heterocycles. The summed E-state index contributed by atoms with van der Waals surface area (Å²) in [5, 5.41) is 10.8. The molecule has 0 bridgehead atoms. The summed E-state index contributed by atoms with van der Waals surface area (Å²) in [4.78, 5) is 11.9. The quantitative estimate of drug-likeness (QED) is 0.678. The van der Waals surface area contributed by atoms with Crippen molar-refractivity contribution in [3.63, 3.8) is 0 Å². The number of hydrogen-bond donors (Lipinski definition) is 1. The van der Waals surface area contributed by atoms with Crippen molar-refractivity contribution < 1.29 is 13.6 Å². The molecule has 2 aromatic heterocycles. The van der Waals surface area contributed by atoms with Crippen molar-refractivity contribution in [3.8, 4) is 11.7 Å². The molecule has 6 nitrogen and oxygen atoms in total. The molecule has 0 saturated carbocycles. The van der Waals surface area contributed by atoms with Gasteiger partial charge in [0, 0.05) is 10.2 Å². The van der Waals surface area contributed by atoms with Crippen LogP contribution >= 0.6 is 27.7 Å². The first-order chi connectivity index (χ1) is 10.7. The molecule has 0 unspecified atom stereocenters. The summed E-state index contributed by atoms with van der Waals surface area (Å²) in [5.74, 6) is 0.820. The van der Waals surface area contributed by atoms with Gasteiger partial charge in [0.25, 0.3) is 11.1 Å². The van der Waals surface area contributed by atoms with Crippen LogP contribution in [0.2, 0.25) is 0 Å².